The summed E-state index contributed by atoms with van der Waals surface area (Å²) in [5, 5.41) is 8.47. The van der Waals surface area contributed by atoms with Crippen LogP contribution in [0.4, 0.5) is 0 Å². The Labute approximate surface area is 104 Å². The van der Waals surface area contributed by atoms with E-state index in [9.17, 15) is 4.79 Å². The summed E-state index contributed by atoms with van der Waals surface area (Å²) in [7, 11) is 0. The maximum absolute atomic E-state index is 10.3. The molecule has 0 aliphatic carbocycles. The first kappa shape index (κ1) is 15.2. The van der Waals surface area contributed by atoms with E-state index in [-0.39, 0.29) is 50.1 Å². The quantitative estimate of drug-likeness (QED) is 0.623. The molecule has 0 spiro atoms. The molecule has 0 fully saturated rings. The zero-order chi connectivity index (χ0) is 8.85. The molecular formula is C8H19CaNO2. The SMILES string of the molecule is CC(C)C[C@H](CN)CC(=O)O.[CaH2]. The van der Waals surface area contributed by atoms with Crippen molar-refractivity contribution in [2.75, 3.05) is 6.54 Å². The summed E-state index contributed by atoms with van der Waals surface area (Å²) < 4.78 is 0. The van der Waals surface area contributed by atoms with Gasteiger partial charge < -0.3 is 10.8 Å². The molecule has 0 aromatic heterocycles. The first-order chi connectivity index (χ1) is 5.06. The van der Waals surface area contributed by atoms with Crippen LogP contribution in [0.15, 0.2) is 0 Å². The second kappa shape index (κ2) is 8.30. The Balaban J connectivity index is 0. The molecule has 70 valence electrons. The van der Waals surface area contributed by atoms with Gasteiger partial charge in [0.05, 0.1) is 0 Å². The number of nitrogens with two attached hydrogens (primary N) is 1. The molecule has 0 unspecified atom stereocenters. The molecule has 0 saturated heterocycles. The molecule has 1 atom stereocenters. The average molecular weight is 201 g/mol. The number of aliphatic carboxylic acids is 1. The maximum atomic E-state index is 10.3. The van der Waals surface area contributed by atoms with E-state index >= 15 is 0 Å². The minimum atomic E-state index is -0.749. The molecule has 3 N–H and O–H groups in total. The summed E-state index contributed by atoms with van der Waals surface area (Å²) in [5.41, 5.74) is 5.41. The summed E-state index contributed by atoms with van der Waals surface area (Å²) in [5.74, 6) is -0.0727. The van der Waals surface area contributed by atoms with Crippen molar-refractivity contribution in [2.24, 2.45) is 17.6 Å². The first-order valence-corrected chi connectivity index (χ1v) is 3.98. The molecule has 0 amide bonds. The van der Waals surface area contributed by atoms with Gasteiger partial charge in [0.1, 0.15) is 0 Å². The van der Waals surface area contributed by atoms with Crippen molar-refractivity contribution in [3.63, 3.8) is 0 Å². The number of carboxylic acids is 1. The Bertz CT molecular complexity index is 128. The molecule has 0 aliphatic rings. The molecule has 0 aliphatic heterocycles. The van der Waals surface area contributed by atoms with E-state index in [0.717, 1.165) is 6.42 Å². The number of carboxylic acid groups (broad SMARTS) is 1. The van der Waals surface area contributed by atoms with E-state index in [4.69, 9.17) is 10.8 Å². The summed E-state index contributed by atoms with van der Waals surface area (Å²) in [6.07, 6.45) is 1.11. The van der Waals surface area contributed by atoms with Crippen LogP contribution >= 0.6 is 0 Å². The second-order valence-corrected chi connectivity index (χ2v) is 3.33. The van der Waals surface area contributed by atoms with Crippen LogP contribution in [-0.4, -0.2) is 55.4 Å². The summed E-state index contributed by atoms with van der Waals surface area (Å²) in [4.78, 5) is 10.3. The summed E-state index contributed by atoms with van der Waals surface area (Å²) in [6.45, 7) is 4.62. The third kappa shape index (κ3) is 8.78. The van der Waals surface area contributed by atoms with Crippen molar-refractivity contribution in [1.29, 1.82) is 0 Å². The van der Waals surface area contributed by atoms with Crippen molar-refractivity contribution in [3.05, 3.63) is 0 Å². The van der Waals surface area contributed by atoms with Crippen LogP contribution in [0.3, 0.4) is 0 Å². The Morgan fingerprint density at radius 3 is 2.25 bits per heavy atom. The fraction of sp³-hybridized carbons (Fsp3) is 0.875. The Hall–Kier alpha value is 0.690. The van der Waals surface area contributed by atoms with Crippen LogP contribution in [-0.2, 0) is 4.79 Å². The van der Waals surface area contributed by atoms with Crippen molar-refractivity contribution < 1.29 is 9.90 Å². The number of hydrogen-bond donors (Lipinski definition) is 2. The fourth-order valence-corrected chi connectivity index (χ4v) is 1.18. The van der Waals surface area contributed by atoms with E-state index in [1.807, 2.05) is 0 Å². The van der Waals surface area contributed by atoms with Gasteiger partial charge in [0.15, 0.2) is 0 Å². The molecular weight excluding hydrogens is 182 g/mol. The van der Waals surface area contributed by atoms with Crippen LogP contribution in [0.5, 0.6) is 0 Å². The number of carbonyl (C=O) groups is 1. The molecule has 0 aromatic carbocycles. The number of rotatable bonds is 5. The molecule has 3 nitrogen and oxygen atoms in total. The van der Waals surface area contributed by atoms with Crippen molar-refractivity contribution in [1.82, 2.24) is 0 Å². The van der Waals surface area contributed by atoms with Gasteiger partial charge in [-0.15, -0.1) is 0 Å². The molecule has 0 saturated carbocycles. The van der Waals surface area contributed by atoms with Crippen LogP contribution in [0.2, 0.25) is 0 Å². The van der Waals surface area contributed by atoms with Crippen molar-refractivity contribution in [3.8, 4) is 0 Å². The fourth-order valence-electron chi connectivity index (χ4n) is 1.18. The third-order valence-electron chi connectivity index (χ3n) is 1.60. The number of hydrogen-bond acceptors (Lipinski definition) is 2. The average Bonchev–Trinajstić information content (AvgIpc) is 1.84. The normalized spacial score (nSPS) is 12.3. The van der Waals surface area contributed by atoms with E-state index in [1.165, 1.54) is 0 Å². The first-order valence-electron chi connectivity index (χ1n) is 3.98. The molecule has 12 heavy (non-hydrogen) atoms. The van der Waals surface area contributed by atoms with Gasteiger partial charge in [-0.3, -0.25) is 4.79 Å². The van der Waals surface area contributed by atoms with Gasteiger partial charge in [0.2, 0.25) is 0 Å². The summed E-state index contributed by atoms with van der Waals surface area (Å²) in [6, 6.07) is 0. The van der Waals surface area contributed by atoms with Crippen LogP contribution < -0.4 is 5.73 Å². The van der Waals surface area contributed by atoms with Crippen molar-refractivity contribution >= 4 is 43.7 Å². The summed E-state index contributed by atoms with van der Waals surface area (Å²) >= 11 is 0. The van der Waals surface area contributed by atoms with Gasteiger partial charge in [-0.1, -0.05) is 13.8 Å². The van der Waals surface area contributed by atoms with Crippen LogP contribution in [0, 0.1) is 11.8 Å². The van der Waals surface area contributed by atoms with Gasteiger partial charge in [-0.25, -0.2) is 0 Å². The zero-order valence-electron chi connectivity index (χ0n) is 7.21. The van der Waals surface area contributed by atoms with E-state index in [0.29, 0.717) is 12.5 Å². The molecule has 0 aromatic rings. The van der Waals surface area contributed by atoms with E-state index in [1.54, 1.807) is 0 Å². The zero-order valence-corrected chi connectivity index (χ0v) is 7.21. The Morgan fingerprint density at radius 1 is 1.50 bits per heavy atom. The minimum absolute atomic E-state index is 0. The van der Waals surface area contributed by atoms with Gasteiger partial charge >= 0.3 is 43.7 Å². The standard InChI is InChI=1S/C8H17NO2.Ca.2H/c1-6(2)3-7(5-9)4-8(10)11;;;/h6-7H,3-5,9H2,1-2H3,(H,10,11);;;/t7-;;;/m0.../s1. The predicted octanol–water partition coefficient (Wildman–Crippen LogP) is 0.166. The van der Waals surface area contributed by atoms with Gasteiger partial charge in [0, 0.05) is 6.42 Å². The van der Waals surface area contributed by atoms with Crippen molar-refractivity contribution in [2.45, 2.75) is 26.7 Å². The van der Waals surface area contributed by atoms with E-state index < -0.39 is 5.97 Å². The molecule has 4 heteroatoms. The molecule has 0 radical (unpaired) electrons. The van der Waals surface area contributed by atoms with Crippen LogP contribution in [0.25, 0.3) is 0 Å². The van der Waals surface area contributed by atoms with Gasteiger partial charge in [-0.05, 0) is 24.8 Å². The predicted molar refractivity (Wildman–Crippen MR) is 52.8 cm³/mol. The Morgan fingerprint density at radius 2 is 2.00 bits per heavy atom. The Kier molecular flexibility index (Phi) is 10.5. The molecule has 0 heterocycles. The topological polar surface area (TPSA) is 63.3 Å². The monoisotopic (exact) mass is 201 g/mol. The van der Waals surface area contributed by atoms with Gasteiger partial charge in [0.25, 0.3) is 0 Å². The molecule has 0 rings (SSSR count). The third-order valence-corrected chi connectivity index (χ3v) is 1.60. The second-order valence-electron chi connectivity index (χ2n) is 3.33. The van der Waals surface area contributed by atoms with Crippen LogP contribution in [0.1, 0.15) is 26.7 Å². The van der Waals surface area contributed by atoms with Gasteiger partial charge in [-0.2, -0.15) is 0 Å². The molecule has 0 bridgehead atoms. The van der Waals surface area contributed by atoms with E-state index in [2.05, 4.69) is 13.8 Å².